The van der Waals surface area contributed by atoms with Gasteiger partial charge in [-0.05, 0) is 40.2 Å². The van der Waals surface area contributed by atoms with E-state index in [0.29, 0.717) is 16.2 Å². The van der Waals surface area contributed by atoms with Gasteiger partial charge in [0.25, 0.3) is 0 Å². The van der Waals surface area contributed by atoms with Gasteiger partial charge in [0.1, 0.15) is 4.60 Å². The molecule has 2 heterocycles. The van der Waals surface area contributed by atoms with Gasteiger partial charge in [-0.3, -0.25) is 0 Å². The highest BCUT2D eigenvalue weighted by atomic mass is 79.9. The Labute approximate surface area is 112 Å². The number of hydrogen-bond donors (Lipinski definition) is 3. The predicted octanol–water partition coefficient (Wildman–Crippen LogP) is 3.05. The van der Waals surface area contributed by atoms with Gasteiger partial charge in [-0.1, -0.05) is 0 Å². The molecule has 0 amide bonds. The molecule has 0 bridgehead atoms. The van der Waals surface area contributed by atoms with Crippen LogP contribution >= 0.6 is 15.9 Å². The molecule has 18 heavy (non-hydrogen) atoms. The van der Waals surface area contributed by atoms with Crippen molar-refractivity contribution >= 4 is 44.2 Å². The average Bonchev–Trinajstić information content (AvgIpc) is 2.81. The number of rotatable bonds is 2. The van der Waals surface area contributed by atoms with E-state index in [-0.39, 0.29) is 0 Å². The lowest BCUT2D eigenvalue weighted by Gasteiger charge is -2.07. The Bertz CT molecular complexity index is 707. The molecule has 1 aromatic carbocycles. The lowest BCUT2D eigenvalue weighted by molar-refractivity contribution is 1.17. The molecule has 0 atom stereocenters. The van der Waals surface area contributed by atoms with Crippen LogP contribution in [0.2, 0.25) is 0 Å². The molecule has 0 spiro atoms. The minimum absolute atomic E-state index is 0.368. The van der Waals surface area contributed by atoms with E-state index in [9.17, 15) is 0 Å². The van der Waals surface area contributed by atoms with Crippen molar-refractivity contribution in [2.75, 3.05) is 11.1 Å². The summed E-state index contributed by atoms with van der Waals surface area (Å²) >= 11 is 3.27. The molecule has 90 valence electrons. The van der Waals surface area contributed by atoms with Gasteiger partial charge < -0.3 is 16.0 Å². The number of aromatic nitrogens is 3. The Balaban J connectivity index is 1.97. The normalized spacial score (nSPS) is 10.7. The second-order valence-corrected chi connectivity index (χ2v) is 4.64. The van der Waals surface area contributed by atoms with Crippen LogP contribution in [0.4, 0.5) is 17.3 Å². The minimum Gasteiger partial charge on any atom is -0.381 e. The number of anilines is 3. The molecule has 0 aliphatic carbocycles. The summed E-state index contributed by atoms with van der Waals surface area (Å²) in [7, 11) is 0. The van der Waals surface area contributed by atoms with Gasteiger partial charge in [0.05, 0.1) is 6.20 Å². The summed E-state index contributed by atoms with van der Waals surface area (Å²) < 4.78 is 0.641. The molecule has 6 heteroatoms. The Morgan fingerprint density at radius 2 is 2.17 bits per heavy atom. The number of hydrogen-bond acceptors (Lipinski definition) is 4. The molecule has 0 aliphatic rings. The van der Waals surface area contributed by atoms with E-state index in [0.717, 1.165) is 16.6 Å². The number of aromatic amines is 1. The number of nitrogens with two attached hydrogens (primary N) is 1. The largest absolute Gasteiger partial charge is 0.381 e. The van der Waals surface area contributed by atoms with Crippen molar-refractivity contribution in [3.05, 3.63) is 41.3 Å². The Hall–Kier alpha value is -2.08. The van der Waals surface area contributed by atoms with Crippen LogP contribution in [0.25, 0.3) is 10.9 Å². The summed E-state index contributed by atoms with van der Waals surface area (Å²) in [5.41, 5.74) is 7.78. The van der Waals surface area contributed by atoms with Gasteiger partial charge >= 0.3 is 0 Å². The zero-order valence-electron chi connectivity index (χ0n) is 9.31. The van der Waals surface area contributed by atoms with Crippen LogP contribution in [-0.2, 0) is 0 Å². The van der Waals surface area contributed by atoms with E-state index in [1.165, 1.54) is 0 Å². The maximum Gasteiger partial charge on any atom is 0.174 e. The predicted molar refractivity (Wildman–Crippen MR) is 75.7 cm³/mol. The molecule has 0 radical (unpaired) electrons. The smallest absolute Gasteiger partial charge is 0.174 e. The number of fused-ring (bicyclic) bond motifs is 1. The summed E-state index contributed by atoms with van der Waals surface area (Å²) in [6.07, 6.45) is 3.47. The fourth-order valence-electron chi connectivity index (χ4n) is 1.74. The van der Waals surface area contributed by atoms with E-state index in [4.69, 9.17) is 5.73 Å². The zero-order chi connectivity index (χ0) is 12.5. The Kier molecular flexibility index (Phi) is 2.64. The van der Waals surface area contributed by atoms with Crippen molar-refractivity contribution in [3.63, 3.8) is 0 Å². The van der Waals surface area contributed by atoms with Crippen molar-refractivity contribution in [2.45, 2.75) is 0 Å². The highest BCUT2D eigenvalue weighted by molar-refractivity contribution is 9.10. The SMILES string of the molecule is Nc1ncc(Br)nc1Nc1ccc2[nH]ccc2c1. The Morgan fingerprint density at radius 3 is 3.06 bits per heavy atom. The molecule has 4 N–H and O–H groups in total. The third-order valence-electron chi connectivity index (χ3n) is 2.59. The molecule has 0 unspecified atom stereocenters. The molecule has 3 rings (SSSR count). The van der Waals surface area contributed by atoms with E-state index in [1.54, 1.807) is 6.20 Å². The van der Waals surface area contributed by atoms with Gasteiger partial charge in [-0.25, -0.2) is 9.97 Å². The van der Waals surface area contributed by atoms with Crippen LogP contribution in [-0.4, -0.2) is 15.0 Å². The van der Waals surface area contributed by atoms with Crippen molar-refractivity contribution < 1.29 is 0 Å². The molecular weight excluding hydrogens is 294 g/mol. The topological polar surface area (TPSA) is 79.6 Å². The third-order valence-corrected chi connectivity index (χ3v) is 2.97. The summed E-state index contributed by atoms with van der Waals surface area (Å²) in [6, 6.07) is 7.99. The number of nitrogens with one attached hydrogen (secondary N) is 2. The van der Waals surface area contributed by atoms with Crippen molar-refractivity contribution in [1.29, 1.82) is 0 Å². The maximum absolute atomic E-state index is 5.77. The number of nitrogen functional groups attached to an aromatic ring is 1. The highest BCUT2D eigenvalue weighted by Gasteiger charge is 2.04. The van der Waals surface area contributed by atoms with E-state index >= 15 is 0 Å². The molecule has 0 fully saturated rings. The van der Waals surface area contributed by atoms with E-state index in [2.05, 4.69) is 36.2 Å². The zero-order valence-corrected chi connectivity index (χ0v) is 10.9. The fourth-order valence-corrected chi connectivity index (χ4v) is 2.02. The monoisotopic (exact) mass is 303 g/mol. The first kappa shape index (κ1) is 11.0. The van der Waals surface area contributed by atoms with Gasteiger partial charge in [-0.15, -0.1) is 0 Å². The van der Waals surface area contributed by atoms with Crippen LogP contribution in [0.3, 0.4) is 0 Å². The van der Waals surface area contributed by atoms with E-state index in [1.807, 2.05) is 30.5 Å². The first-order valence-corrected chi connectivity index (χ1v) is 6.14. The maximum atomic E-state index is 5.77. The Morgan fingerprint density at radius 1 is 1.28 bits per heavy atom. The van der Waals surface area contributed by atoms with Crippen LogP contribution in [0, 0.1) is 0 Å². The molecule has 0 saturated carbocycles. The number of H-pyrrole nitrogens is 1. The number of nitrogens with zero attached hydrogens (tertiary/aromatic N) is 2. The first-order valence-electron chi connectivity index (χ1n) is 5.34. The summed E-state index contributed by atoms with van der Waals surface area (Å²) in [6.45, 7) is 0. The summed E-state index contributed by atoms with van der Waals surface area (Å²) in [5.74, 6) is 0.909. The van der Waals surface area contributed by atoms with Crippen LogP contribution in [0.15, 0.2) is 41.3 Å². The van der Waals surface area contributed by atoms with Gasteiger partial charge in [-0.2, -0.15) is 0 Å². The second-order valence-electron chi connectivity index (χ2n) is 3.83. The quantitative estimate of drug-likeness (QED) is 0.680. The highest BCUT2D eigenvalue weighted by Crippen LogP contribution is 2.23. The van der Waals surface area contributed by atoms with Crippen LogP contribution in [0.5, 0.6) is 0 Å². The number of halogens is 1. The van der Waals surface area contributed by atoms with Crippen molar-refractivity contribution in [3.8, 4) is 0 Å². The molecular formula is C12H10BrN5. The van der Waals surface area contributed by atoms with Gasteiger partial charge in [0.2, 0.25) is 0 Å². The molecule has 5 nitrogen and oxygen atoms in total. The average molecular weight is 304 g/mol. The van der Waals surface area contributed by atoms with Crippen molar-refractivity contribution in [2.24, 2.45) is 0 Å². The fraction of sp³-hybridized carbons (Fsp3) is 0. The third kappa shape index (κ3) is 2.02. The molecule has 0 aliphatic heterocycles. The first-order chi connectivity index (χ1) is 8.72. The summed E-state index contributed by atoms with van der Waals surface area (Å²) in [5, 5.41) is 4.28. The standard InChI is InChI=1S/C12H10BrN5/c13-10-6-16-11(14)12(18-10)17-8-1-2-9-7(5-8)3-4-15-9/h1-6,15H,(H2,14,16)(H,17,18). The lowest BCUT2D eigenvalue weighted by atomic mass is 10.2. The van der Waals surface area contributed by atoms with Gasteiger partial charge in [0.15, 0.2) is 11.6 Å². The van der Waals surface area contributed by atoms with E-state index < -0.39 is 0 Å². The lowest BCUT2D eigenvalue weighted by Crippen LogP contribution is -2.01. The minimum atomic E-state index is 0.368. The molecule has 2 aromatic heterocycles. The van der Waals surface area contributed by atoms with Crippen LogP contribution in [0.1, 0.15) is 0 Å². The van der Waals surface area contributed by atoms with Crippen LogP contribution < -0.4 is 11.1 Å². The second kappa shape index (κ2) is 4.30. The number of benzene rings is 1. The summed E-state index contributed by atoms with van der Waals surface area (Å²) in [4.78, 5) is 11.4. The molecule has 0 saturated heterocycles. The van der Waals surface area contributed by atoms with Crippen molar-refractivity contribution in [1.82, 2.24) is 15.0 Å². The van der Waals surface area contributed by atoms with Gasteiger partial charge in [0, 0.05) is 22.8 Å². The molecule has 3 aromatic rings.